The second-order valence-electron chi connectivity index (χ2n) is 6.67. The predicted octanol–water partition coefficient (Wildman–Crippen LogP) is 1.83. The van der Waals surface area contributed by atoms with Crippen molar-refractivity contribution < 1.29 is 9.53 Å². The van der Waals surface area contributed by atoms with Crippen LogP contribution in [0.5, 0.6) is 0 Å². The standard InChI is InChI=1S/C17H30N4O2/c1-13(2)23-9-5-7-18-17(22)12-21-8-4-6-15(11-21)16-10-14(3)19-20-16/h10,13,15H,4-9,11-12H2,1-3H3,(H,18,22)(H,19,20)/t15-/m1/s1. The van der Waals surface area contributed by atoms with Crippen molar-refractivity contribution in [1.29, 1.82) is 0 Å². The molecule has 0 bridgehead atoms. The van der Waals surface area contributed by atoms with E-state index < -0.39 is 0 Å². The Morgan fingerprint density at radius 3 is 3.09 bits per heavy atom. The first-order valence-electron chi connectivity index (χ1n) is 8.67. The van der Waals surface area contributed by atoms with Gasteiger partial charge in [0.2, 0.25) is 5.91 Å². The van der Waals surface area contributed by atoms with Gasteiger partial charge in [0.15, 0.2) is 0 Å². The van der Waals surface area contributed by atoms with Crippen LogP contribution in [0.15, 0.2) is 6.07 Å². The third-order valence-corrected chi connectivity index (χ3v) is 4.11. The molecule has 6 nitrogen and oxygen atoms in total. The van der Waals surface area contributed by atoms with Crippen LogP contribution in [-0.2, 0) is 9.53 Å². The van der Waals surface area contributed by atoms with Crippen LogP contribution in [-0.4, -0.2) is 59.9 Å². The molecule has 1 saturated heterocycles. The van der Waals surface area contributed by atoms with Crippen molar-refractivity contribution in [3.63, 3.8) is 0 Å². The number of hydrogen-bond donors (Lipinski definition) is 2. The van der Waals surface area contributed by atoms with E-state index in [2.05, 4.69) is 26.5 Å². The summed E-state index contributed by atoms with van der Waals surface area (Å²) in [6, 6.07) is 2.11. The van der Waals surface area contributed by atoms with Gasteiger partial charge in [0, 0.05) is 31.3 Å². The first-order valence-corrected chi connectivity index (χ1v) is 8.67. The highest BCUT2D eigenvalue weighted by Crippen LogP contribution is 2.25. The summed E-state index contributed by atoms with van der Waals surface area (Å²) in [5.41, 5.74) is 2.22. The smallest absolute Gasteiger partial charge is 0.234 e. The molecule has 1 aromatic heterocycles. The van der Waals surface area contributed by atoms with Crippen LogP contribution in [0.4, 0.5) is 0 Å². The Morgan fingerprint density at radius 1 is 1.57 bits per heavy atom. The number of ether oxygens (including phenoxy) is 1. The molecule has 0 spiro atoms. The van der Waals surface area contributed by atoms with Crippen LogP contribution in [0.25, 0.3) is 0 Å². The number of aromatic nitrogens is 2. The van der Waals surface area contributed by atoms with Gasteiger partial charge in [-0.15, -0.1) is 0 Å². The second-order valence-corrected chi connectivity index (χ2v) is 6.67. The van der Waals surface area contributed by atoms with Crippen LogP contribution in [0.2, 0.25) is 0 Å². The van der Waals surface area contributed by atoms with E-state index in [1.807, 2.05) is 20.8 Å². The van der Waals surface area contributed by atoms with Gasteiger partial charge in [0.05, 0.1) is 18.3 Å². The Morgan fingerprint density at radius 2 is 2.39 bits per heavy atom. The van der Waals surface area contributed by atoms with Crippen LogP contribution in [0.3, 0.4) is 0 Å². The average Bonchev–Trinajstić information content (AvgIpc) is 2.93. The van der Waals surface area contributed by atoms with Gasteiger partial charge in [-0.1, -0.05) is 0 Å². The lowest BCUT2D eigenvalue weighted by Crippen LogP contribution is -2.42. The number of hydrogen-bond acceptors (Lipinski definition) is 4. The molecule has 0 aliphatic carbocycles. The molecular weight excluding hydrogens is 292 g/mol. The summed E-state index contributed by atoms with van der Waals surface area (Å²) in [4.78, 5) is 14.3. The summed E-state index contributed by atoms with van der Waals surface area (Å²) in [5.74, 6) is 0.536. The number of nitrogens with zero attached hydrogens (tertiary/aromatic N) is 2. The highest BCUT2D eigenvalue weighted by atomic mass is 16.5. The molecule has 130 valence electrons. The van der Waals surface area contributed by atoms with Crippen molar-refractivity contribution in [2.24, 2.45) is 0 Å². The molecule has 1 fully saturated rings. The molecule has 1 aliphatic rings. The maximum Gasteiger partial charge on any atom is 0.234 e. The number of carbonyl (C=O) groups excluding carboxylic acids is 1. The zero-order valence-corrected chi connectivity index (χ0v) is 14.6. The highest BCUT2D eigenvalue weighted by Gasteiger charge is 2.24. The lowest BCUT2D eigenvalue weighted by molar-refractivity contribution is -0.122. The molecule has 0 unspecified atom stereocenters. The quantitative estimate of drug-likeness (QED) is 0.716. The molecule has 0 aromatic carbocycles. The summed E-state index contributed by atoms with van der Waals surface area (Å²) < 4.78 is 5.47. The van der Waals surface area contributed by atoms with Crippen LogP contribution >= 0.6 is 0 Å². The number of nitrogens with one attached hydrogen (secondary N) is 2. The first-order chi connectivity index (χ1) is 11.0. The van der Waals surface area contributed by atoms with Gasteiger partial charge in [-0.3, -0.25) is 14.8 Å². The molecule has 0 saturated carbocycles. The summed E-state index contributed by atoms with van der Waals surface area (Å²) in [7, 11) is 0. The summed E-state index contributed by atoms with van der Waals surface area (Å²) in [5, 5.41) is 10.4. The fraction of sp³-hybridized carbons (Fsp3) is 0.765. The minimum absolute atomic E-state index is 0.105. The van der Waals surface area contributed by atoms with Crippen molar-refractivity contribution in [1.82, 2.24) is 20.4 Å². The van der Waals surface area contributed by atoms with E-state index in [9.17, 15) is 4.79 Å². The number of amides is 1. The number of H-pyrrole nitrogens is 1. The summed E-state index contributed by atoms with van der Waals surface area (Å²) in [6.07, 6.45) is 3.38. The van der Waals surface area contributed by atoms with Gasteiger partial charge in [0.25, 0.3) is 0 Å². The normalized spacial score (nSPS) is 19.2. The fourth-order valence-corrected chi connectivity index (χ4v) is 2.97. The predicted molar refractivity (Wildman–Crippen MR) is 90.5 cm³/mol. The zero-order chi connectivity index (χ0) is 16.7. The first kappa shape index (κ1) is 17.9. The number of aryl methyl sites for hydroxylation is 1. The Hall–Kier alpha value is -1.40. The third-order valence-electron chi connectivity index (χ3n) is 4.11. The summed E-state index contributed by atoms with van der Waals surface area (Å²) >= 11 is 0. The molecule has 6 heteroatoms. The minimum atomic E-state index is 0.105. The number of likely N-dealkylation sites (tertiary alicyclic amines) is 1. The Labute approximate surface area is 139 Å². The lowest BCUT2D eigenvalue weighted by atomic mass is 9.94. The van der Waals surface area contributed by atoms with E-state index in [4.69, 9.17) is 4.74 Å². The van der Waals surface area contributed by atoms with Crippen molar-refractivity contribution in [2.75, 3.05) is 32.8 Å². The molecule has 1 amide bonds. The summed E-state index contributed by atoms with van der Waals surface area (Å²) in [6.45, 7) is 9.82. The van der Waals surface area contributed by atoms with E-state index in [1.165, 1.54) is 0 Å². The van der Waals surface area contributed by atoms with Crippen LogP contribution in [0.1, 0.15) is 50.4 Å². The van der Waals surface area contributed by atoms with Gasteiger partial charge < -0.3 is 10.1 Å². The largest absolute Gasteiger partial charge is 0.379 e. The average molecular weight is 322 g/mol. The fourth-order valence-electron chi connectivity index (χ4n) is 2.97. The topological polar surface area (TPSA) is 70.2 Å². The molecule has 2 N–H and O–H groups in total. The van der Waals surface area contributed by atoms with Crippen molar-refractivity contribution >= 4 is 5.91 Å². The molecule has 1 aliphatic heterocycles. The van der Waals surface area contributed by atoms with Gasteiger partial charge in [-0.25, -0.2) is 0 Å². The van der Waals surface area contributed by atoms with Crippen LogP contribution < -0.4 is 5.32 Å². The van der Waals surface area contributed by atoms with Gasteiger partial charge in [-0.05, 0) is 52.6 Å². The molecular formula is C17H30N4O2. The van der Waals surface area contributed by atoms with Crippen LogP contribution in [0, 0.1) is 6.92 Å². The van der Waals surface area contributed by atoms with E-state index in [-0.39, 0.29) is 12.0 Å². The number of rotatable bonds is 8. The van der Waals surface area contributed by atoms with Gasteiger partial charge in [0.1, 0.15) is 0 Å². The van der Waals surface area contributed by atoms with Gasteiger partial charge >= 0.3 is 0 Å². The zero-order valence-electron chi connectivity index (χ0n) is 14.6. The maximum atomic E-state index is 12.0. The van der Waals surface area contributed by atoms with Crippen molar-refractivity contribution in [3.05, 3.63) is 17.5 Å². The Kier molecular flexibility index (Phi) is 7.05. The Balaban J connectivity index is 1.67. The van der Waals surface area contributed by atoms with E-state index in [0.717, 1.165) is 43.7 Å². The minimum Gasteiger partial charge on any atom is -0.379 e. The molecule has 23 heavy (non-hydrogen) atoms. The second kappa shape index (κ2) is 9.03. The van der Waals surface area contributed by atoms with Crippen molar-refractivity contribution in [3.8, 4) is 0 Å². The SMILES string of the molecule is Cc1cc([C@@H]2CCCN(CC(=O)NCCCOC(C)C)C2)n[nH]1. The highest BCUT2D eigenvalue weighted by molar-refractivity contribution is 5.78. The molecule has 2 rings (SSSR count). The lowest BCUT2D eigenvalue weighted by Gasteiger charge is -2.31. The van der Waals surface area contributed by atoms with E-state index in [0.29, 0.717) is 25.6 Å². The van der Waals surface area contributed by atoms with E-state index in [1.54, 1.807) is 0 Å². The number of piperidine rings is 1. The maximum absolute atomic E-state index is 12.0. The van der Waals surface area contributed by atoms with Gasteiger partial charge in [-0.2, -0.15) is 5.10 Å². The number of aromatic amines is 1. The van der Waals surface area contributed by atoms with Crippen molar-refractivity contribution in [2.45, 2.75) is 52.1 Å². The third kappa shape index (κ3) is 6.31. The molecule has 2 heterocycles. The molecule has 1 atom stereocenters. The molecule has 0 radical (unpaired) electrons. The Bertz CT molecular complexity index is 487. The molecule has 1 aromatic rings. The monoisotopic (exact) mass is 322 g/mol. The number of carbonyl (C=O) groups is 1. The van der Waals surface area contributed by atoms with E-state index >= 15 is 0 Å².